The van der Waals surface area contributed by atoms with Crippen molar-refractivity contribution in [2.45, 2.75) is 13.5 Å². The second kappa shape index (κ2) is 7.02. The highest BCUT2D eigenvalue weighted by atomic mass is 32.1. The van der Waals surface area contributed by atoms with Crippen LogP contribution in [0, 0.1) is 6.92 Å². The Morgan fingerprint density at radius 1 is 1.15 bits per heavy atom. The Morgan fingerprint density at radius 2 is 1.95 bits per heavy atom. The average molecular weight is 308 g/mol. The number of thiophene rings is 2. The van der Waals surface area contributed by atoms with Crippen LogP contribution in [0.3, 0.4) is 0 Å². The molecule has 0 fully saturated rings. The molecule has 2 aromatic heterocycles. The molecule has 0 aliphatic carbocycles. The van der Waals surface area contributed by atoms with Crippen LogP contribution in [0.15, 0.2) is 29.0 Å². The minimum absolute atomic E-state index is 0.146. The number of aryl methyl sites for hydroxylation is 1. The Labute approximate surface area is 128 Å². The first kappa shape index (κ1) is 15.2. The molecule has 0 aromatic carbocycles. The quantitative estimate of drug-likeness (QED) is 0.817. The van der Waals surface area contributed by atoms with Crippen molar-refractivity contribution >= 4 is 28.6 Å². The molecule has 0 N–H and O–H groups in total. The van der Waals surface area contributed by atoms with E-state index in [2.05, 4.69) is 16.3 Å². The van der Waals surface area contributed by atoms with E-state index in [1.54, 1.807) is 11.3 Å². The predicted octanol–water partition coefficient (Wildman–Crippen LogP) is 3.32. The molecule has 0 atom stereocenters. The van der Waals surface area contributed by atoms with E-state index in [1.807, 2.05) is 43.4 Å². The fraction of sp³-hybridized carbons (Fsp3) is 0.400. The minimum atomic E-state index is 0.146. The Balaban J connectivity index is 2.12. The van der Waals surface area contributed by atoms with Gasteiger partial charge in [-0.15, -0.1) is 22.7 Å². The highest BCUT2D eigenvalue weighted by molar-refractivity contribution is 7.12. The summed E-state index contributed by atoms with van der Waals surface area (Å²) in [5.74, 6) is 0.146. The van der Waals surface area contributed by atoms with E-state index < -0.39 is 0 Å². The largest absolute Gasteiger partial charge is 0.332 e. The van der Waals surface area contributed by atoms with Crippen LogP contribution in [0.4, 0.5) is 0 Å². The summed E-state index contributed by atoms with van der Waals surface area (Å²) in [6.07, 6.45) is 0. The Kier molecular flexibility index (Phi) is 5.34. The zero-order valence-corrected chi connectivity index (χ0v) is 13.8. The maximum absolute atomic E-state index is 12.7. The molecule has 2 aromatic rings. The van der Waals surface area contributed by atoms with Gasteiger partial charge in [0, 0.05) is 18.0 Å². The van der Waals surface area contributed by atoms with Gasteiger partial charge in [-0.05, 0) is 49.5 Å². The molecule has 108 valence electrons. The van der Waals surface area contributed by atoms with Crippen molar-refractivity contribution in [3.63, 3.8) is 0 Å². The van der Waals surface area contributed by atoms with Crippen molar-refractivity contribution in [2.24, 2.45) is 0 Å². The van der Waals surface area contributed by atoms with Crippen molar-refractivity contribution in [3.05, 3.63) is 44.3 Å². The van der Waals surface area contributed by atoms with Gasteiger partial charge >= 0.3 is 0 Å². The summed E-state index contributed by atoms with van der Waals surface area (Å²) in [5, 5.41) is 4.04. The second-order valence-electron chi connectivity index (χ2n) is 5.04. The lowest BCUT2D eigenvalue weighted by atomic mass is 10.2. The van der Waals surface area contributed by atoms with Crippen LogP contribution >= 0.6 is 22.7 Å². The van der Waals surface area contributed by atoms with Gasteiger partial charge in [-0.25, -0.2) is 0 Å². The van der Waals surface area contributed by atoms with Gasteiger partial charge in [-0.2, -0.15) is 0 Å². The van der Waals surface area contributed by atoms with Gasteiger partial charge in [0.25, 0.3) is 5.91 Å². The molecule has 0 saturated carbocycles. The fourth-order valence-electron chi connectivity index (χ4n) is 1.90. The first-order valence-corrected chi connectivity index (χ1v) is 8.34. The molecule has 0 aliphatic rings. The third-order valence-corrected chi connectivity index (χ3v) is 4.95. The fourth-order valence-corrected chi connectivity index (χ4v) is 3.51. The maximum Gasteiger partial charge on any atom is 0.264 e. The van der Waals surface area contributed by atoms with Gasteiger partial charge in [0.2, 0.25) is 0 Å². The molecule has 0 aliphatic heterocycles. The number of carbonyl (C=O) groups excluding carboxylic acids is 1. The summed E-state index contributed by atoms with van der Waals surface area (Å²) >= 11 is 3.23. The summed E-state index contributed by atoms with van der Waals surface area (Å²) in [5.41, 5.74) is 1.07. The monoisotopic (exact) mass is 308 g/mol. The molecule has 0 radical (unpaired) electrons. The molecule has 2 rings (SSSR count). The Hall–Kier alpha value is -1.17. The zero-order valence-electron chi connectivity index (χ0n) is 12.1. The van der Waals surface area contributed by atoms with Crippen molar-refractivity contribution < 1.29 is 4.79 Å². The predicted molar refractivity (Wildman–Crippen MR) is 86.7 cm³/mol. The van der Waals surface area contributed by atoms with Crippen LogP contribution in [0.2, 0.25) is 0 Å². The zero-order chi connectivity index (χ0) is 14.5. The molecular formula is C15H20N2OS2. The standard InChI is InChI=1S/C15H20N2OS2/c1-12-6-10-20-14(12)15(18)17(8-7-16(2)3)11-13-5-4-9-19-13/h4-6,9-10H,7-8,11H2,1-3H3. The number of carbonyl (C=O) groups is 1. The van der Waals surface area contributed by atoms with E-state index in [1.165, 1.54) is 16.2 Å². The van der Waals surface area contributed by atoms with E-state index in [0.29, 0.717) is 6.54 Å². The van der Waals surface area contributed by atoms with E-state index in [4.69, 9.17) is 0 Å². The first-order valence-electron chi connectivity index (χ1n) is 6.58. The molecule has 0 unspecified atom stereocenters. The van der Waals surface area contributed by atoms with Gasteiger partial charge in [-0.3, -0.25) is 4.79 Å². The van der Waals surface area contributed by atoms with Gasteiger partial charge in [0.15, 0.2) is 0 Å². The summed E-state index contributed by atoms with van der Waals surface area (Å²) in [6, 6.07) is 6.13. The molecule has 0 bridgehead atoms. The molecule has 20 heavy (non-hydrogen) atoms. The number of hydrogen-bond acceptors (Lipinski definition) is 4. The van der Waals surface area contributed by atoms with Crippen LogP contribution in [0.1, 0.15) is 20.1 Å². The lowest BCUT2D eigenvalue weighted by Gasteiger charge is -2.23. The topological polar surface area (TPSA) is 23.6 Å². The smallest absolute Gasteiger partial charge is 0.264 e. The molecule has 1 amide bonds. The van der Waals surface area contributed by atoms with Crippen molar-refractivity contribution in [3.8, 4) is 0 Å². The molecule has 2 heterocycles. The van der Waals surface area contributed by atoms with E-state index in [9.17, 15) is 4.79 Å². The molecule has 3 nitrogen and oxygen atoms in total. The molecule has 0 saturated heterocycles. The number of likely N-dealkylation sites (N-methyl/N-ethyl adjacent to an activating group) is 1. The summed E-state index contributed by atoms with van der Waals surface area (Å²) in [7, 11) is 4.06. The van der Waals surface area contributed by atoms with E-state index in [0.717, 1.165) is 23.5 Å². The highest BCUT2D eigenvalue weighted by Gasteiger charge is 2.19. The molecule has 5 heteroatoms. The Morgan fingerprint density at radius 3 is 2.50 bits per heavy atom. The van der Waals surface area contributed by atoms with Crippen molar-refractivity contribution in [1.29, 1.82) is 0 Å². The summed E-state index contributed by atoms with van der Waals surface area (Å²) < 4.78 is 0. The number of rotatable bonds is 6. The van der Waals surface area contributed by atoms with E-state index >= 15 is 0 Å². The molecular weight excluding hydrogens is 288 g/mol. The molecule has 0 spiro atoms. The maximum atomic E-state index is 12.7. The SMILES string of the molecule is Cc1ccsc1C(=O)N(CCN(C)C)Cc1cccs1. The van der Waals surface area contributed by atoms with Crippen LogP contribution < -0.4 is 0 Å². The highest BCUT2D eigenvalue weighted by Crippen LogP contribution is 2.20. The third-order valence-electron chi connectivity index (χ3n) is 3.09. The van der Waals surface area contributed by atoms with Crippen LogP contribution in [-0.2, 0) is 6.54 Å². The average Bonchev–Trinajstić information content (AvgIpc) is 3.04. The van der Waals surface area contributed by atoms with Crippen molar-refractivity contribution in [1.82, 2.24) is 9.80 Å². The minimum Gasteiger partial charge on any atom is -0.332 e. The van der Waals surface area contributed by atoms with Crippen LogP contribution in [0.25, 0.3) is 0 Å². The van der Waals surface area contributed by atoms with Crippen LogP contribution in [-0.4, -0.2) is 42.9 Å². The summed E-state index contributed by atoms with van der Waals surface area (Å²) in [4.78, 5) is 18.8. The Bertz CT molecular complexity index is 546. The normalized spacial score (nSPS) is 11.0. The van der Waals surface area contributed by atoms with Crippen molar-refractivity contribution in [2.75, 3.05) is 27.2 Å². The van der Waals surface area contributed by atoms with Gasteiger partial charge in [0.1, 0.15) is 0 Å². The van der Waals surface area contributed by atoms with Gasteiger partial charge in [0.05, 0.1) is 11.4 Å². The lowest BCUT2D eigenvalue weighted by molar-refractivity contribution is 0.0738. The second-order valence-corrected chi connectivity index (χ2v) is 6.99. The third kappa shape index (κ3) is 3.91. The lowest BCUT2D eigenvalue weighted by Crippen LogP contribution is -2.36. The number of hydrogen-bond donors (Lipinski definition) is 0. The van der Waals surface area contributed by atoms with Crippen LogP contribution in [0.5, 0.6) is 0 Å². The van der Waals surface area contributed by atoms with E-state index in [-0.39, 0.29) is 5.91 Å². The van der Waals surface area contributed by atoms with Gasteiger partial charge in [-0.1, -0.05) is 6.07 Å². The first-order chi connectivity index (χ1) is 9.58. The number of nitrogens with zero attached hydrogens (tertiary/aromatic N) is 2. The number of amides is 1. The summed E-state index contributed by atoms with van der Waals surface area (Å²) in [6.45, 7) is 4.32. The van der Waals surface area contributed by atoms with Gasteiger partial charge < -0.3 is 9.80 Å².